The second-order valence-electron chi connectivity index (χ2n) is 3.48. The summed E-state index contributed by atoms with van der Waals surface area (Å²) in [7, 11) is 0. The van der Waals surface area contributed by atoms with Gasteiger partial charge in [-0.05, 0) is 46.8 Å². The van der Waals surface area contributed by atoms with Crippen LogP contribution in [0.3, 0.4) is 0 Å². The zero-order valence-corrected chi connectivity index (χ0v) is 11.7. The highest BCUT2D eigenvalue weighted by molar-refractivity contribution is 9.10. The molecule has 0 atom stereocenters. The average molecular weight is 303 g/mol. The quantitative estimate of drug-likeness (QED) is 0.841. The van der Waals surface area contributed by atoms with Gasteiger partial charge in [-0.25, -0.2) is 0 Å². The van der Waals surface area contributed by atoms with Gasteiger partial charge in [-0.15, -0.1) is 0 Å². The van der Waals surface area contributed by atoms with Crippen molar-refractivity contribution in [3.8, 4) is 0 Å². The van der Waals surface area contributed by atoms with Crippen LogP contribution < -0.4 is 11.1 Å². The third-order valence-corrected chi connectivity index (χ3v) is 3.43. The molecule has 0 aliphatic rings. The number of nitrogens with two attached hydrogens (primary N) is 1. The Bertz CT molecular complexity index is 396. The number of carbonyl (C=O) groups is 1. The number of hydrogen-bond acceptors (Lipinski definition) is 3. The number of anilines is 2. The number of carbonyl (C=O) groups excluding carboxylic acids is 1. The van der Waals surface area contributed by atoms with Crippen LogP contribution in [0.4, 0.5) is 11.4 Å². The van der Waals surface area contributed by atoms with E-state index in [4.69, 9.17) is 5.73 Å². The van der Waals surface area contributed by atoms with Crippen LogP contribution >= 0.6 is 27.7 Å². The molecule has 0 fully saturated rings. The lowest BCUT2D eigenvalue weighted by molar-refractivity contribution is -0.115. The number of benzene rings is 1. The molecule has 1 aromatic rings. The number of nitrogen functional groups attached to an aromatic ring is 1. The van der Waals surface area contributed by atoms with Crippen molar-refractivity contribution in [2.24, 2.45) is 0 Å². The fourth-order valence-corrected chi connectivity index (χ4v) is 2.14. The normalized spacial score (nSPS) is 10.2. The molecule has 3 nitrogen and oxygen atoms in total. The maximum absolute atomic E-state index is 11.5. The van der Waals surface area contributed by atoms with Gasteiger partial charge in [-0.3, -0.25) is 4.79 Å². The van der Waals surface area contributed by atoms with Crippen molar-refractivity contribution in [3.05, 3.63) is 22.2 Å². The van der Waals surface area contributed by atoms with Crippen LogP contribution in [0, 0.1) is 6.92 Å². The Morgan fingerprint density at radius 3 is 2.88 bits per heavy atom. The average Bonchev–Trinajstić information content (AvgIpc) is 2.23. The zero-order chi connectivity index (χ0) is 12.1. The second-order valence-corrected chi connectivity index (χ2v) is 5.32. The molecule has 0 unspecified atom stereocenters. The summed E-state index contributed by atoms with van der Waals surface area (Å²) in [6.45, 7) is 1.93. The van der Waals surface area contributed by atoms with Gasteiger partial charge in [-0.1, -0.05) is 0 Å². The summed E-state index contributed by atoms with van der Waals surface area (Å²) in [5.74, 6) is 0.837. The van der Waals surface area contributed by atoms with Gasteiger partial charge in [0.2, 0.25) is 5.91 Å². The van der Waals surface area contributed by atoms with E-state index in [1.54, 1.807) is 17.8 Å². The molecule has 0 heterocycles. The topological polar surface area (TPSA) is 55.1 Å². The van der Waals surface area contributed by atoms with Crippen LogP contribution in [0.15, 0.2) is 16.6 Å². The van der Waals surface area contributed by atoms with E-state index in [-0.39, 0.29) is 5.91 Å². The van der Waals surface area contributed by atoms with E-state index < -0.39 is 0 Å². The minimum Gasteiger partial charge on any atom is -0.398 e. The van der Waals surface area contributed by atoms with E-state index in [0.717, 1.165) is 21.5 Å². The Morgan fingerprint density at radius 2 is 2.25 bits per heavy atom. The van der Waals surface area contributed by atoms with Crippen LogP contribution in [0.2, 0.25) is 0 Å². The first kappa shape index (κ1) is 13.4. The van der Waals surface area contributed by atoms with E-state index in [2.05, 4.69) is 21.2 Å². The minimum absolute atomic E-state index is 0.0123. The molecule has 5 heteroatoms. The van der Waals surface area contributed by atoms with Gasteiger partial charge in [0.1, 0.15) is 0 Å². The molecule has 0 bridgehead atoms. The smallest absolute Gasteiger partial charge is 0.225 e. The first-order chi connectivity index (χ1) is 7.54. The van der Waals surface area contributed by atoms with Crippen molar-refractivity contribution < 1.29 is 4.79 Å². The predicted octanol–water partition coefficient (Wildman–Crippen LogP) is 3.03. The first-order valence-corrected chi connectivity index (χ1v) is 7.07. The van der Waals surface area contributed by atoms with Gasteiger partial charge < -0.3 is 11.1 Å². The third kappa shape index (κ3) is 3.72. The number of thioether (sulfide) groups is 1. The van der Waals surface area contributed by atoms with E-state index in [0.29, 0.717) is 12.1 Å². The number of amides is 1. The summed E-state index contributed by atoms with van der Waals surface area (Å²) >= 11 is 5.06. The van der Waals surface area contributed by atoms with E-state index in [1.165, 1.54) is 0 Å². The molecular weight excluding hydrogens is 288 g/mol. The van der Waals surface area contributed by atoms with Gasteiger partial charge in [0.15, 0.2) is 0 Å². The summed E-state index contributed by atoms with van der Waals surface area (Å²) in [4.78, 5) is 11.5. The van der Waals surface area contributed by atoms with Crippen LogP contribution in [-0.4, -0.2) is 17.9 Å². The molecule has 0 spiro atoms. The van der Waals surface area contributed by atoms with Crippen LogP contribution in [0.5, 0.6) is 0 Å². The Kier molecular flexibility index (Phi) is 5.15. The van der Waals surface area contributed by atoms with Crippen LogP contribution in [0.25, 0.3) is 0 Å². The molecule has 0 aromatic heterocycles. The Morgan fingerprint density at radius 1 is 1.56 bits per heavy atom. The van der Waals surface area contributed by atoms with Gasteiger partial charge in [0.05, 0.1) is 5.69 Å². The van der Waals surface area contributed by atoms with E-state index in [1.807, 2.05) is 19.2 Å². The minimum atomic E-state index is 0.0123. The molecule has 0 radical (unpaired) electrons. The fraction of sp³-hybridized carbons (Fsp3) is 0.364. The van der Waals surface area contributed by atoms with Gasteiger partial charge in [-0.2, -0.15) is 11.8 Å². The lowest BCUT2D eigenvalue weighted by Crippen LogP contribution is -2.13. The van der Waals surface area contributed by atoms with Crippen molar-refractivity contribution >= 4 is 45.0 Å². The first-order valence-electron chi connectivity index (χ1n) is 4.89. The molecule has 0 saturated carbocycles. The van der Waals surface area contributed by atoms with Crippen molar-refractivity contribution in [3.63, 3.8) is 0 Å². The number of rotatable bonds is 4. The molecule has 0 aliphatic heterocycles. The van der Waals surface area contributed by atoms with E-state index in [9.17, 15) is 4.79 Å². The number of halogens is 1. The number of nitrogens with one attached hydrogen (secondary N) is 1. The summed E-state index contributed by atoms with van der Waals surface area (Å²) in [5, 5.41) is 2.83. The second kappa shape index (κ2) is 6.15. The SMILES string of the molecule is CSCCC(=O)Nc1cc(N)c(C)cc1Br. The Balaban J connectivity index is 2.73. The third-order valence-electron chi connectivity index (χ3n) is 2.16. The van der Waals surface area contributed by atoms with E-state index >= 15 is 0 Å². The van der Waals surface area contributed by atoms with Gasteiger partial charge in [0, 0.05) is 22.3 Å². The predicted molar refractivity (Wildman–Crippen MR) is 74.9 cm³/mol. The number of aryl methyl sites for hydroxylation is 1. The summed E-state index contributed by atoms with van der Waals surface area (Å²) in [6.07, 6.45) is 2.49. The highest BCUT2D eigenvalue weighted by Gasteiger charge is 2.07. The standard InChI is InChI=1S/C11H15BrN2OS/c1-7-5-8(12)10(6-9(7)13)14-11(15)3-4-16-2/h5-6H,3-4,13H2,1-2H3,(H,14,15). The van der Waals surface area contributed by atoms with Crippen molar-refractivity contribution in [1.82, 2.24) is 0 Å². The van der Waals surface area contributed by atoms with Crippen LogP contribution in [-0.2, 0) is 4.79 Å². The number of hydrogen-bond donors (Lipinski definition) is 2. The molecule has 88 valence electrons. The highest BCUT2D eigenvalue weighted by atomic mass is 79.9. The maximum Gasteiger partial charge on any atom is 0.225 e. The lowest BCUT2D eigenvalue weighted by Gasteiger charge is -2.09. The largest absolute Gasteiger partial charge is 0.398 e. The van der Waals surface area contributed by atoms with Crippen molar-refractivity contribution in [2.75, 3.05) is 23.1 Å². The van der Waals surface area contributed by atoms with Crippen molar-refractivity contribution in [1.29, 1.82) is 0 Å². The Labute approximate surface area is 108 Å². The van der Waals surface area contributed by atoms with Crippen molar-refractivity contribution in [2.45, 2.75) is 13.3 Å². The molecule has 1 rings (SSSR count). The van der Waals surface area contributed by atoms with Gasteiger partial charge >= 0.3 is 0 Å². The van der Waals surface area contributed by atoms with Gasteiger partial charge in [0.25, 0.3) is 0 Å². The molecule has 1 amide bonds. The maximum atomic E-state index is 11.5. The fourth-order valence-electron chi connectivity index (χ4n) is 1.19. The van der Waals surface area contributed by atoms with Crippen LogP contribution in [0.1, 0.15) is 12.0 Å². The summed E-state index contributed by atoms with van der Waals surface area (Å²) in [6, 6.07) is 3.68. The zero-order valence-electron chi connectivity index (χ0n) is 9.34. The molecule has 1 aromatic carbocycles. The molecule has 0 saturated heterocycles. The Hall–Kier alpha value is -0.680. The molecular formula is C11H15BrN2OS. The lowest BCUT2D eigenvalue weighted by atomic mass is 10.2. The monoisotopic (exact) mass is 302 g/mol. The molecule has 16 heavy (non-hydrogen) atoms. The summed E-state index contributed by atoms with van der Waals surface area (Å²) < 4.78 is 0.858. The summed E-state index contributed by atoms with van der Waals surface area (Å²) in [5.41, 5.74) is 8.20. The molecule has 3 N–H and O–H groups in total. The molecule has 0 aliphatic carbocycles. The highest BCUT2D eigenvalue weighted by Crippen LogP contribution is 2.27.